The SMILES string of the molecule is Fc1cncc(-c2ccc3ccccc3n2)c1. The van der Waals surface area contributed by atoms with Crippen LogP contribution in [0, 0.1) is 5.82 Å². The Labute approximate surface area is 97.8 Å². The van der Waals surface area contributed by atoms with E-state index in [1.165, 1.54) is 12.3 Å². The molecule has 3 rings (SSSR count). The minimum absolute atomic E-state index is 0.350. The van der Waals surface area contributed by atoms with Crippen molar-refractivity contribution in [3.63, 3.8) is 0 Å². The standard InChI is InChI=1S/C14H9FN2/c15-12-7-11(8-16-9-12)14-6-5-10-3-1-2-4-13(10)17-14/h1-9H. The Morgan fingerprint density at radius 3 is 2.71 bits per heavy atom. The first kappa shape index (κ1) is 9.90. The number of pyridine rings is 2. The first-order valence-electron chi connectivity index (χ1n) is 5.30. The Bertz CT molecular complexity index is 680. The van der Waals surface area contributed by atoms with Gasteiger partial charge < -0.3 is 0 Å². The average Bonchev–Trinajstić information content (AvgIpc) is 2.38. The van der Waals surface area contributed by atoms with Gasteiger partial charge in [-0.3, -0.25) is 4.98 Å². The van der Waals surface area contributed by atoms with Gasteiger partial charge in [0.25, 0.3) is 0 Å². The third-order valence-corrected chi connectivity index (χ3v) is 2.60. The summed E-state index contributed by atoms with van der Waals surface area (Å²) >= 11 is 0. The van der Waals surface area contributed by atoms with Crippen LogP contribution in [0.5, 0.6) is 0 Å². The van der Waals surface area contributed by atoms with Crippen LogP contribution in [0.15, 0.2) is 54.9 Å². The van der Waals surface area contributed by atoms with Gasteiger partial charge in [-0.25, -0.2) is 9.37 Å². The second kappa shape index (κ2) is 3.94. The van der Waals surface area contributed by atoms with Crippen LogP contribution in [-0.2, 0) is 0 Å². The summed E-state index contributed by atoms with van der Waals surface area (Å²) in [7, 11) is 0. The van der Waals surface area contributed by atoms with E-state index in [1.807, 2.05) is 36.4 Å². The van der Waals surface area contributed by atoms with E-state index in [0.717, 1.165) is 16.6 Å². The lowest BCUT2D eigenvalue weighted by molar-refractivity contribution is 0.622. The third-order valence-electron chi connectivity index (χ3n) is 2.60. The van der Waals surface area contributed by atoms with E-state index in [-0.39, 0.29) is 5.82 Å². The van der Waals surface area contributed by atoms with Gasteiger partial charge >= 0.3 is 0 Å². The predicted molar refractivity (Wildman–Crippen MR) is 64.9 cm³/mol. The Kier molecular flexibility index (Phi) is 2.29. The van der Waals surface area contributed by atoms with E-state index in [2.05, 4.69) is 9.97 Å². The van der Waals surface area contributed by atoms with Crippen LogP contribution in [0.25, 0.3) is 22.2 Å². The zero-order chi connectivity index (χ0) is 11.7. The molecule has 0 bridgehead atoms. The molecule has 0 saturated heterocycles. The lowest BCUT2D eigenvalue weighted by atomic mass is 10.1. The first-order valence-corrected chi connectivity index (χ1v) is 5.30. The van der Waals surface area contributed by atoms with Crippen molar-refractivity contribution in [1.29, 1.82) is 0 Å². The van der Waals surface area contributed by atoms with Gasteiger partial charge in [0.1, 0.15) is 5.82 Å². The Balaban J connectivity index is 2.18. The van der Waals surface area contributed by atoms with E-state index in [9.17, 15) is 4.39 Å². The summed E-state index contributed by atoms with van der Waals surface area (Å²) in [5.41, 5.74) is 2.32. The normalized spacial score (nSPS) is 10.6. The van der Waals surface area contributed by atoms with Gasteiger partial charge in [0.2, 0.25) is 0 Å². The van der Waals surface area contributed by atoms with E-state index in [4.69, 9.17) is 0 Å². The molecule has 2 aromatic heterocycles. The van der Waals surface area contributed by atoms with Crippen LogP contribution in [-0.4, -0.2) is 9.97 Å². The van der Waals surface area contributed by atoms with Crippen molar-refractivity contribution in [2.24, 2.45) is 0 Å². The van der Waals surface area contributed by atoms with Crippen LogP contribution in [0.1, 0.15) is 0 Å². The zero-order valence-corrected chi connectivity index (χ0v) is 8.97. The highest BCUT2D eigenvalue weighted by Crippen LogP contribution is 2.20. The van der Waals surface area contributed by atoms with Gasteiger partial charge in [-0.05, 0) is 18.2 Å². The molecule has 82 valence electrons. The topological polar surface area (TPSA) is 25.8 Å². The van der Waals surface area contributed by atoms with Gasteiger partial charge in [-0.2, -0.15) is 0 Å². The molecule has 0 N–H and O–H groups in total. The van der Waals surface area contributed by atoms with Crippen molar-refractivity contribution < 1.29 is 4.39 Å². The molecule has 3 heteroatoms. The van der Waals surface area contributed by atoms with Crippen LogP contribution in [0.2, 0.25) is 0 Å². The van der Waals surface area contributed by atoms with Gasteiger partial charge in [-0.1, -0.05) is 24.3 Å². The minimum atomic E-state index is -0.350. The molecular formula is C14H9FN2. The number of hydrogen-bond acceptors (Lipinski definition) is 2. The second-order valence-corrected chi connectivity index (χ2v) is 3.78. The fraction of sp³-hybridized carbons (Fsp3) is 0. The molecule has 0 spiro atoms. The molecule has 0 saturated carbocycles. The molecule has 0 unspecified atom stereocenters. The quantitative estimate of drug-likeness (QED) is 0.632. The molecule has 2 nitrogen and oxygen atoms in total. The third kappa shape index (κ3) is 1.87. The summed E-state index contributed by atoms with van der Waals surface area (Å²) in [5.74, 6) is -0.350. The van der Waals surface area contributed by atoms with E-state index in [1.54, 1.807) is 6.20 Å². The summed E-state index contributed by atoms with van der Waals surface area (Å²) in [6.07, 6.45) is 2.80. The molecule has 17 heavy (non-hydrogen) atoms. The highest BCUT2D eigenvalue weighted by Gasteiger charge is 2.02. The number of fused-ring (bicyclic) bond motifs is 1. The molecule has 1 aromatic carbocycles. The van der Waals surface area contributed by atoms with Gasteiger partial charge in [0.05, 0.1) is 17.4 Å². The largest absolute Gasteiger partial charge is 0.261 e. The molecular weight excluding hydrogens is 215 g/mol. The number of nitrogens with zero attached hydrogens (tertiary/aromatic N) is 2. The monoisotopic (exact) mass is 224 g/mol. The van der Waals surface area contributed by atoms with Crippen LogP contribution in [0.3, 0.4) is 0 Å². The van der Waals surface area contributed by atoms with Crippen molar-refractivity contribution in [2.45, 2.75) is 0 Å². The van der Waals surface area contributed by atoms with Crippen molar-refractivity contribution in [1.82, 2.24) is 9.97 Å². The average molecular weight is 224 g/mol. The molecule has 0 radical (unpaired) electrons. The van der Waals surface area contributed by atoms with Crippen LogP contribution in [0.4, 0.5) is 4.39 Å². The predicted octanol–water partition coefficient (Wildman–Crippen LogP) is 3.44. The summed E-state index contributed by atoms with van der Waals surface area (Å²) in [4.78, 5) is 8.31. The molecule has 0 atom stereocenters. The molecule has 0 fully saturated rings. The lowest BCUT2D eigenvalue weighted by Gasteiger charge is -2.02. The van der Waals surface area contributed by atoms with Crippen molar-refractivity contribution in [3.05, 3.63) is 60.7 Å². The maximum atomic E-state index is 13.1. The van der Waals surface area contributed by atoms with Crippen molar-refractivity contribution in [3.8, 4) is 11.3 Å². The van der Waals surface area contributed by atoms with Gasteiger partial charge in [0.15, 0.2) is 0 Å². The number of halogens is 1. The number of hydrogen-bond donors (Lipinski definition) is 0. The number of para-hydroxylation sites is 1. The molecule has 2 heterocycles. The number of rotatable bonds is 1. The molecule has 0 aliphatic rings. The molecule has 0 amide bonds. The van der Waals surface area contributed by atoms with Gasteiger partial charge in [-0.15, -0.1) is 0 Å². The molecule has 0 aliphatic carbocycles. The van der Waals surface area contributed by atoms with E-state index < -0.39 is 0 Å². The Hall–Kier alpha value is -2.29. The van der Waals surface area contributed by atoms with Crippen molar-refractivity contribution >= 4 is 10.9 Å². The van der Waals surface area contributed by atoms with Gasteiger partial charge in [0, 0.05) is 17.1 Å². The summed E-state index contributed by atoms with van der Waals surface area (Å²) in [6.45, 7) is 0. The first-order chi connectivity index (χ1) is 8.33. The Morgan fingerprint density at radius 2 is 1.82 bits per heavy atom. The fourth-order valence-corrected chi connectivity index (χ4v) is 1.78. The fourth-order valence-electron chi connectivity index (χ4n) is 1.78. The highest BCUT2D eigenvalue weighted by atomic mass is 19.1. The lowest BCUT2D eigenvalue weighted by Crippen LogP contribution is -1.87. The number of aromatic nitrogens is 2. The summed E-state index contributed by atoms with van der Waals surface area (Å²) in [6, 6.07) is 13.1. The second-order valence-electron chi connectivity index (χ2n) is 3.78. The maximum absolute atomic E-state index is 13.1. The summed E-state index contributed by atoms with van der Waals surface area (Å²) in [5, 5.41) is 1.07. The smallest absolute Gasteiger partial charge is 0.142 e. The van der Waals surface area contributed by atoms with Crippen LogP contribution < -0.4 is 0 Å². The van der Waals surface area contributed by atoms with Crippen molar-refractivity contribution in [2.75, 3.05) is 0 Å². The van der Waals surface area contributed by atoms with Crippen LogP contribution >= 0.6 is 0 Å². The molecule has 0 aliphatic heterocycles. The maximum Gasteiger partial charge on any atom is 0.142 e. The van der Waals surface area contributed by atoms with E-state index >= 15 is 0 Å². The van der Waals surface area contributed by atoms with E-state index in [0.29, 0.717) is 5.56 Å². The minimum Gasteiger partial charge on any atom is -0.261 e. The molecule has 3 aromatic rings. The zero-order valence-electron chi connectivity index (χ0n) is 8.97. The summed E-state index contributed by atoms with van der Waals surface area (Å²) < 4.78 is 13.1. The highest BCUT2D eigenvalue weighted by molar-refractivity contribution is 5.81. The Morgan fingerprint density at radius 1 is 0.941 bits per heavy atom. The number of benzene rings is 1.